The monoisotopic (exact) mass is 815 g/mol. The van der Waals surface area contributed by atoms with Gasteiger partial charge in [0.2, 0.25) is 0 Å². The van der Waals surface area contributed by atoms with Gasteiger partial charge in [0.15, 0.2) is 0 Å². The average molecular weight is 815 g/mol. The summed E-state index contributed by atoms with van der Waals surface area (Å²) in [5.74, 6) is 0.205. The van der Waals surface area contributed by atoms with E-state index in [4.69, 9.17) is 4.98 Å². The summed E-state index contributed by atoms with van der Waals surface area (Å²) in [5.41, 5.74) is 7.56. The number of halogens is 1. The maximum Gasteiger partial charge on any atom is 0.0803 e. The Kier molecular flexibility index (Phi) is 10.4. The Bertz CT molecular complexity index is 2090. The molecule has 1 radical (unpaired) electrons. The Morgan fingerprint density at radius 3 is 2.26 bits per heavy atom. The predicted octanol–water partition coefficient (Wildman–Crippen LogP) is 10.9. The number of rotatable bonds is 5. The Balaban J connectivity index is 0.000000178. The third kappa shape index (κ3) is 7.11. The first kappa shape index (κ1) is 33.6. The first-order valence-electron chi connectivity index (χ1n) is 15.2. The van der Waals surface area contributed by atoms with Crippen molar-refractivity contribution in [3.8, 4) is 33.6 Å². The molecule has 6 heteroatoms. The maximum absolute atomic E-state index is 14.4. The van der Waals surface area contributed by atoms with Crippen molar-refractivity contribution in [1.82, 2.24) is 9.97 Å². The van der Waals surface area contributed by atoms with Gasteiger partial charge >= 0.3 is 0 Å². The van der Waals surface area contributed by atoms with E-state index in [1.165, 1.54) is 27.9 Å². The van der Waals surface area contributed by atoms with Gasteiger partial charge in [-0.3, -0.25) is 4.39 Å². The minimum absolute atomic E-state index is 0. The minimum Gasteiger partial charge on any atom is -0.305 e. The molecule has 46 heavy (non-hydrogen) atoms. The summed E-state index contributed by atoms with van der Waals surface area (Å²) in [5, 5.41) is 3.04. The van der Waals surface area contributed by atoms with Crippen LogP contribution in [-0.4, -0.2) is 18.0 Å². The number of hydrogen-bond donors (Lipinski definition) is 0. The molecule has 0 bridgehead atoms. The molecule has 4 aromatic carbocycles. The molecular formula is C40H35FIrN2SSi-2. The van der Waals surface area contributed by atoms with Gasteiger partial charge in [-0.25, -0.2) is 0 Å². The predicted molar refractivity (Wildman–Crippen MR) is 192 cm³/mol. The fourth-order valence-corrected chi connectivity index (χ4v) is 8.17. The van der Waals surface area contributed by atoms with Crippen molar-refractivity contribution in [2.45, 2.75) is 39.4 Å². The Morgan fingerprint density at radius 1 is 0.804 bits per heavy atom. The molecule has 3 aromatic heterocycles. The van der Waals surface area contributed by atoms with Gasteiger partial charge in [0.1, 0.15) is 0 Å². The van der Waals surface area contributed by atoms with Crippen LogP contribution in [0, 0.1) is 17.9 Å². The molecule has 0 spiro atoms. The number of pyridine rings is 2. The van der Waals surface area contributed by atoms with Gasteiger partial charge in [0.25, 0.3) is 0 Å². The second-order valence-electron chi connectivity index (χ2n) is 12.5. The van der Waals surface area contributed by atoms with Gasteiger partial charge in [-0.2, -0.15) is 11.3 Å². The van der Waals surface area contributed by atoms with Crippen LogP contribution < -0.4 is 5.19 Å². The summed E-state index contributed by atoms with van der Waals surface area (Å²) >= 11 is 1.60. The van der Waals surface area contributed by atoms with E-state index in [0.29, 0.717) is 11.3 Å². The van der Waals surface area contributed by atoms with Crippen LogP contribution in [0.5, 0.6) is 0 Å². The topological polar surface area (TPSA) is 25.8 Å². The van der Waals surface area contributed by atoms with Crippen molar-refractivity contribution in [2.75, 3.05) is 0 Å². The van der Waals surface area contributed by atoms with Crippen molar-refractivity contribution >= 4 is 44.8 Å². The molecule has 0 saturated heterocycles. The van der Waals surface area contributed by atoms with E-state index in [1.807, 2.05) is 54.7 Å². The van der Waals surface area contributed by atoms with Gasteiger partial charge in [0.05, 0.1) is 8.07 Å². The molecule has 0 amide bonds. The summed E-state index contributed by atoms with van der Waals surface area (Å²) < 4.78 is 16.4. The molecule has 0 aliphatic carbocycles. The van der Waals surface area contributed by atoms with Crippen LogP contribution in [0.1, 0.15) is 25.3 Å². The molecule has 0 aliphatic rings. The van der Waals surface area contributed by atoms with Crippen molar-refractivity contribution in [2.24, 2.45) is 0 Å². The van der Waals surface area contributed by atoms with Gasteiger partial charge in [-0.15, -0.1) is 53.6 Å². The molecule has 233 valence electrons. The summed E-state index contributed by atoms with van der Waals surface area (Å²) in [7, 11) is -1.46. The van der Waals surface area contributed by atoms with E-state index >= 15 is 0 Å². The van der Waals surface area contributed by atoms with Crippen molar-refractivity contribution < 1.29 is 24.5 Å². The Morgan fingerprint density at radius 2 is 1.54 bits per heavy atom. The third-order valence-electron chi connectivity index (χ3n) is 7.89. The largest absolute Gasteiger partial charge is 0.305 e. The van der Waals surface area contributed by atoms with E-state index < -0.39 is 8.07 Å². The number of thiophene rings is 1. The van der Waals surface area contributed by atoms with Crippen LogP contribution in [0.3, 0.4) is 0 Å². The molecule has 0 fully saturated rings. The number of fused-ring (bicyclic) bond motifs is 3. The van der Waals surface area contributed by atoms with E-state index in [0.717, 1.165) is 37.3 Å². The number of aromatic nitrogens is 2. The molecule has 0 saturated carbocycles. The number of nitrogens with zero attached hydrogens (tertiary/aromatic N) is 2. The SMILES string of the molecule is CC(C)c1ccnc(-c2[c-]cc(F)c3c2sc2ccccc23)c1.C[Si](C)(C)c1cnc(-c2[c-]cccc2)cc1-c1ccccc1.[Ir]. The Labute approximate surface area is 289 Å². The molecule has 3 heterocycles. The first-order valence-corrected chi connectivity index (χ1v) is 19.5. The minimum atomic E-state index is -1.46. The molecule has 0 N–H and O–H groups in total. The summed E-state index contributed by atoms with van der Waals surface area (Å²) in [6.45, 7) is 11.4. The van der Waals surface area contributed by atoms with Crippen LogP contribution in [-0.2, 0) is 20.1 Å². The average Bonchev–Trinajstić information content (AvgIpc) is 3.46. The van der Waals surface area contributed by atoms with E-state index in [1.54, 1.807) is 11.3 Å². The van der Waals surface area contributed by atoms with Crippen molar-refractivity contribution in [1.29, 1.82) is 0 Å². The van der Waals surface area contributed by atoms with Gasteiger partial charge < -0.3 is 9.97 Å². The zero-order chi connectivity index (χ0) is 31.6. The summed E-state index contributed by atoms with van der Waals surface area (Å²) in [6, 6.07) is 40.7. The van der Waals surface area contributed by atoms with Crippen molar-refractivity contribution in [3.63, 3.8) is 0 Å². The standard InChI is InChI=1S/C20H15FNS.C20H20NSi.Ir/c1-12(2)13-9-10-22-17(11-13)14-7-8-16(21)19-15-5-3-4-6-18(15)23-20(14)19;1-22(2,3)20-15-21-19(17-12-8-5-9-13-17)14-18(20)16-10-6-4-7-11-16;/h3-6,8-12H,1-2H3;4-12,14-15H,1-3H3;/q2*-1;. The zero-order valence-corrected chi connectivity index (χ0v) is 30.8. The van der Waals surface area contributed by atoms with Crippen LogP contribution >= 0.6 is 11.3 Å². The van der Waals surface area contributed by atoms with E-state index in [2.05, 4.69) is 105 Å². The van der Waals surface area contributed by atoms with Gasteiger partial charge in [-0.05, 0) is 61.2 Å². The molecule has 0 unspecified atom stereocenters. The van der Waals surface area contributed by atoms with Crippen LogP contribution in [0.25, 0.3) is 53.8 Å². The van der Waals surface area contributed by atoms with Crippen molar-refractivity contribution in [3.05, 3.63) is 139 Å². The van der Waals surface area contributed by atoms with Gasteiger partial charge in [0, 0.05) is 43.0 Å². The second kappa shape index (κ2) is 14.3. The fraction of sp³-hybridized carbons (Fsp3) is 0.150. The maximum atomic E-state index is 14.4. The second-order valence-corrected chi connectivity index (χ2v) is 18.5. The number of benzene rings is 4. The van der Waals surface area contributed by atoms with Crippen LogP contribution in [0.15, 0.2) is 116 Å². The molecular weight excluding hydrogens is 780 g/mol. The summed E-state index contributed by atoms with van der Waals surface area (Å²) in [6.07, 6.45) is 3.89. The van der Waals surface area contributed by atoms with Crippen LogP contribution in [0.4, 0.5) is 4.39 Å². The fourth-order valence-electron chi connectivity index (χ4n) is 5.47. The van der Waals surface area contributed by atoms with E-state index in [-0.39, 0.29) is 25.9 Å². The molecule has 0 aliphatic heterocycles. The Hall–Kier alpha value is -3.80. The summed E-state index contributed by atoms with van der Waals surface area (Å²) in [4.78, 5) is 9.20. The smallest absolute Gasteiger partial charge is 0.0803 e. The molecule has 0 atom stereocenters. The molecule has 7 aromatic rings. The van der Waals surface area contributed by atoms with Crippen LogP contribution in [0.2, 0.25) is 19.6 Å². The zero-order valence-electron chi connectivity index (χ0n) is 26.6. The first-order chi connectivity index (χ1) is 21.7. The third-order valence-corrected chi connectivity index (χ3v) is 11.1. The van der Waals surface area contributed by atoms with E-state index in [9.17, 15) is 4.39 Å². The quantitative estimate of drug-likeness (QED) is 0.128. The molecule has 7 rings (SSSR count). The van der Waals surface area contributed by atoms with Gasteiger partial charge in [-0.1, -0.05) is 99.7 Å². The molecule has 2 nitrogen and oxygen atoms in total. The number of hydrogen-bond acceptors (Lipinski definition) is 3. The normalized spacial score (nSPS) is 11.3.